The Morgan fingerprint density at radius 2 is 1.94 bits per heavy atom. The van der Waals surface area contributed by atoms with E-state index in [0.717, 1.165) is 17.9 Å². The number of rotatable bonds is 1. The third-order valence-electron chi connectivity index (χ3n) is 3.23. The van der Waals surface area contributed by atoms with Gasteiger partial charge in [0.05, 0.1) is 5.52 Å². The van der Waals surface area contributed by atoms with Gasteiger partial charge in [0.25, 0.3) is 0 Å². The summed E-state index contributed by atoms with van der Waals surface area (Å²) in [6.45, 7) is 6.36. The first kappa shape index (κ1) is 10.3. The summed E-state index contributed by atoms with van der Waals surface area (Å²) < 4.78 is 2.15. The molecule has 17 heavy (non-hydrogen) atoms. The molecule has 0 aliphatic carbocycles. The molecule has 0 saturated carbocycles. The topological polar surface area (TPSA) is 30.2 Å². The summed E-state index contributed by atoms with van der Waals surface area (Å²) in [6, 6.07) is 8.63. The summed E-state index contributed by atoms with van der Waals surface area (Å²) in [7, 11) is 0. The van der Waals surface area contributed by atoms with Crippen LogP contribution in [0.2, 0.25) is 0 Å². The summed E-state index contributed by atoms with van der Waals surface area (Å²) in [5, 5.41) is 9.76. The lowest BCUT2D eigenvalue weighted by Crippen LogP contribution is -1.96. The van der Waals surface area contributed by atoms with Crippen LogP contribution in [-0.2, 0) is 6.42 Å². The molecule has 0 bridgehead atoms. The van der Waals surface area contributed by atoms with E-state index >= 15 is 0 Å². The van der Waals surface area contributed by atoms with Crippen molar-refractivity contribution in [3.05, 3.63) is 41.2 Å². The minimum absolute atomic E-state index is 0.896. The molecule has 0 atom stereocenters. The van der Waals surface area contributed by atoms with Gasteiger partial charge in [0.1, 0.15) is 5.82 Å². The predicted molar refractivity (Wildman–Crippen MR) is 69.3 cm³/mol. The monoisotopic (exact) mass is 225 g/mol. The highest BCUT2D eigenvalue weighted by Gasteiger charge is 2.09. The van der Waals surface area contributed by atoms with Crippen molar-refractivity contribution in [2.24, 2.45) is 0 Å². The van der Waals surface area contributed by atoms with Gasteiger partial charge in [-0.2, -0.15) is 0 Å². The maximum Gasteiger partial charge on any atom is 0.161 e. The molecule has 0 unspecified atom stereocenters. The molecule has 0 N–H and O–H groups in total. The average molecular weight is 225 g/mol. The summed E-state index contributed by atoms with van der Waals surface area (Å²) in [6.07, 6.45) is 0.896. The highest BCUT2D eigenvalue weighted by molar-refractivity contribution is 5.86. The van der Waals surface area contributed by atoms with Crippen LogP contribution in [0, 0.1) is 13.8 Å². The Balaban J connectivity index is 2.56. The molecule has 0 aliphatic rings. The van der Waals surface area contributed by atoms with Crippen LogP contribution in [0.4, 0.5) is 0 Å². The Morgan fingerprint density at radius 1 is 1.12 bits per heavy atom. The van der Waals surface area contributed by atoms with E-state index in [0.29, 0.717) is 0 Å². The normalized spacial score (nSPS) is 11.5. The highest BCUT2D eigenvalue weighted by Crippen LogP contribution is 2.23. The maximum atomic E-state index is 4.24. The van der Waals surface area contributed by atoms with Gasteiger partial charge in [-0.1, -0.05) is 18.6 Å². The van der Waals surface area contributed by atoms with Gasteiger partial charge >= 0.3 is 0 Å². The zero-order valence-corrected chi connectivity index (χ0v) is 10.4. The summed E-state index contributed by atoms with van der Waals surface area (Å²) in [4.78, 5) is 0. The lowest BCUT2D eigenvalue weighted by Gasteiger charge is -2.07. The molecule has 1 aromatic carbocycles. The van der Waals surface area contributed by atoms with Crippen LogP contribution in [0.1, 0.15) is 23.9 Å². The SMILES string of the molecule is CCc1nnc2cc(C)c3cc(C)ccc3n12. The molecule has 0 saturated heterocycles. The standard InChI is InChI=1S/C14H15N3/c1-4-13-15-16-14-8-10(3)11-7-9(2)5-6-12(11)17(13)14/h5-8H,4H2,1-3H3. The molecule has 0 amide bonds. The molecule has 3 rings (SSSR count). The molecule has 0 spiro atoms. The van der Waals surface area contributed by atoms with Gasteiger partial charge in [0, 0.05) is 11.8 Å². The molecular weight excluding hydrogens is 210 g/mol. The maximum absolute atomic E-state index is 4.24. The van der Waals surface area contributed by atoms with Crippen molar-refractivity contribution in [2.75, 3.05) is 0 Å². The number of fused-ring (bicyclic) bond motifs is 3. The molecule has 0 fully saturated rings. The minimum Gasteiger partial charge on any atom is -0.279 e. The second-order valence-corrected chi connectivity index (χ2v) is 4.51. The number of hydrogen-bond acceptors (Lipinski definition) is 2. The molecule has 86 valence electrons. The van der Waals surface area contributed by atoms with Crippen molar-refractivity contribution in [1.82, 2.24) is 14.6 Å². The van der Waals surface area contributed by atoms with E-state index in [2.05, 4.69) is 59.6 Å². The number of hydrogen-bond donors (Lipinski definition) is 0. The van der Waals surface area contributed by atoms with E-state index in [4.69, 9.17) is 0 Å². The number of benzene rings is 1. The second-order valence-electron chi connectivity index (χ2n) is 4.51. The van der Waals surface area contributed by atoms with Gasteiger partial charge < -0.3 is 0 Å². The first-order valence-electron chi connectivity index (χ1n) is 5.94. The van der Waals surface area contributed by atoms with Crippen LogP contribution in [0.15, 0.2) is 24.3 Å². The summed E-state index contributed by atoms with van der Waals surface area (Å²) in [5.41, 5.74) is 4.68. The van der Waals surface area contributed by atoms with Crippen molar-refractivity contribution in [2.45, 2.75) is 27.2 Å². The van der Waals surface area contributed by atoms with E-state index in [1.165, 1.54) is 22.0 Å². The zero-order valence-electron chi connectivity index (χ0n) is 10.4. The fourth-order valence-corrected chi connectivity index (χ4v) is 2.35. The van der Waals surface area contributed by atoms with Crippen LogP contribution in [0.5, 0.6) is 0 Å². The predicted octanol–water partition coefficient (Wildman–Crippen LogP) is 3.06. The summed E-state index contributed by atoms with van der Waals surface area (Å²) >= 11 is 0. The Hall–Kier alpha value is -1.90. The van der Waals surface area contributed by atoms with Gasteiger partial charge in [-0.05, 0) is 37.6 Å². The van der Waals surface area contributed by atoms with Gasteiger partial charge in [0.2, 0.25) is 0 Å². The van der Waals surface area contributed by atoms with Crippen molar-refractivity contribution in [3.8, 4) is 0 Å². The number of aromatic nitrogens is 3. The molecule has 3 aromatic rings. The Morgan fingerprint density at radius 3 is 2.71 bits per heavy atom. The van der Waals surface area contributed by atoms with Crippen LogP contribution in [0.25, 0.3) is 16.6 Å². The Bertz CT molecular complexity index is 710. The quantitative estimate of drug-likeness (QED) is 0.637. The third kappa shape index (κ3) is 1.42. The fourth-order valence-electron chi connectivity index (χ4n) is 2.35. The van der Waals surface area contributed by atoms with Gasteiger partial charge in [-0.25, -0.2) is 0 Å². The van der Waals surface area contributed by atoms with E-state index in [1.807, 2.05) is 0 Å². The van der Waals surface area contributed by atoms with Crippen LogP contribution in [0.3, 0.4) is 0 Å². The smallest absolute Gasteiger partial charge is 0.161 e. The largest absolute Gasteiger partial charge is 0.279 e. The van der Waals surface area contributed by atoms with E-state index in [1.54, 1.807) is 0 Å². The van der Waals surface area contributed by atoms with Crippen molar-refractivity contribution in [3.63, 3.8) is 0 Å². The van der Waals surface area contributed by atoms with Crippen molar-refractivity contribution >= 4 is 16.6 Å². The average Bonchev–Trinajstić information content (AvgIpc) is 2.72. The van der Waals surface area contributed by atoms with Gasteiger partial charge in [-0.3, -0.25) is 4.40 Å². The molecule has 3 nitrogen and oxygen atoms in total. The molecule has 2 heterocycles. The first-order chi connectivity index (χ1) is 8.20. The van der Waals surface area contributed by atoms with Gasteiger partial charge in [-0.15, -0.1) is 10.2 Å². The van der Waals surface area contributed by atoms with E-state index in [9.17, 15) is 0 Å². The minimum atomic E-state index is 0.896. The fraction of sp³-hybridized carbons (Fsp3) is 0.286. The van der Waals surface area contributed by atoms with E-state index in [-0.39, 0.29) is 0 Å². The summed E-state index contributed by atoms with van der Waals surface area (Å²) in [5.74, 6) is 1.02. The van der Waals surface area contributed by atoms with Crippen LogP contribution >= 0.6 is 0 Å². The van der Waals surface area contributed by atoms with Crippen molar-refractivity contribution < 1.29 is 0 Å². The second kappa shape index (κ2) is 3.55. The lowest BCUT2D eigenvalue weighted by molar-refractivity contribution is 0.922. The number of nitrogens with zero attached hydrogens (tertiary/aromatic N) is 3. The number of aryl methyl sites for hydroxylation is 3. The lowest BCUT2D eigenvalue weighted by atomic mass is 10.1. The van der Waals surface area contributed by atoms with Crippen LogP contribution in [-0.4, -0.2) is 14.6 Å². The highest BCUT2D eigenvalue weighted by atomic mass is 15.2. The molecule has 2 aromatic heterocycles. The molecule has 0 aliphatic heterocycles. The first-order valence-corrected chi connectivity index (χ1v) is 5.94. The number of pyridine rings is 1. The van der Waals surface area contributed by atoms with E-state index < -0.39 is 0 Å². The molecular formula is C14H15N3. The third-order valence-corrected chi connectivity index (χ3v) is 3.23. The van der Waals surface area contributed by atoms with Gasteiger partial charge in [0.15, 0.2) is 5.65 Å². The molecule has 3 heteroatoms. The Kier molecular flexibility index (Phi) is 2.15. The Labute approximate surface area is 100 Å². The van der Waals surface area contributed by atoms with Crippen molar-refractivity contribution in [1.29, 1.82) is 0 Å². The zero-order chi connectivity index (χ0) is 12.0. The molecule has 0 radical (unpaired) electrons. The van der Waals surface area contributed by atoms with Crippen LogP contribution < -0.4 is 0 Å².